The fourth-order valence-electron chi connectivity index (χ4n) is 4.55. The number of nitrogens with one attached hydrogen (secondary N) is 1. The predicted octanol–water partition coefficient (Wildman–Crippen LogP) is 1.50. The largest absolute Gasteiger partial charge is 0.376 e. The summed E-state index contributed by atoms with van der Waals surface area (Å²) >= 11 is 1.31. The number of thiophene rings is 1. The quantitative estimate of drug-likeness (QED) is 0.660. The lowest BCUT2D eigenvalue weighted by atomic mass is 9.95. The second-order valence-corrected chi connectivity index (χ2v) is 9.08. The van der Waals surface area contributed by atoms with Gasteiger partial charge in [-0.25, -0.2) is 13.9 Å². The van der Waals surface area contributed by atoms with E-state index in [9.17, 15) is 14.4 Å². The SMILES string of the molecule is O=C(Cn1nc2n(CC3CCCO3)c(=O)c3sccc3n2c1=O)NC1CCCCC1. The van der Waals surface area contributed by atoms with E-state index in [0.29, 0.717) is 23.4 Å². The van der Waals surface area contributed by atoms with Gasteiger partial charge in [-0.15, -0.1) is 16.4 Å². The fraction of sp³-hybridized carbons (Fsp3) is 0.600. The number of nitrogens with zero attached hydrogens (tertiary/aromatic N) is 4. The summed E-state index contributed by atoms with van der Waals surface area (Å²) in [6.07, 6.45) is 7.14. The van der Waals surface area contributed by atoms with Gasteiger partial charge in [0.15, 0.2) is 0 Å². The Balaban J connectivity index is 1.52. The maximum Gasteiger partial charge on any atom is 0.352 e. The smallest absolute Gasteiger partial charge is 0.352 e. The van der Waals surface area contributed by atoms with E-state index in [-0.39, 0.29) is 35.9 Å². The number of rotatable bonds is 5. The number of hydrogen-bond acceptors (Lipinski definition) is 6. The molecule has 0 spiro atoms. The zero-order valence-corrected chi connectivity index (χ0v) is 17.5. The average molecular weight is 432 g/mol. The van der Waals surface area contributed by atoms with E-state index < -0.39 is 5.69 Å². The molecule has 10 heteroatoms. The minimum Gasteiger partial charge on any atom is -0.376 e. The van der Waals surface area contributed by atoms with Gasteiger partial charge in [0.2, 0.25) is 11.7 Å². The minimum absolute atomic E-state index is 0.0706. The lowest BCUT2D eigenvalue weighted by Gasteiger charge is -2.22. The Hall–Kier alpha value is -2.46. The van der Waals surface area contributed by atoms with E-state index in [1.807, 2.05) is 0 Å². The molecule has 1 amide bonds. The van der Waals surface area contributed by atoms with Crippen LogP contribution in [-0.2, 0) is 22.6 Å². The monoisotopic (exact) mass is 431 g/mol. The molecule has 2 aliphatic rings. The molecule has 5 rings (SSSR count). The number of carbonyl (C=O) groups is 1. The number of hydrogen-bond donors (Lipinski definition) is 1. The van der Waals surface area contributed by atoms with Gasteiger partial charge in [-0.2, -0.15) is 0 Å². The second-order valence-electron chi connectivity index (χ2n) is 8.16. The predicted molar refractivity (Wildman–Crippen MR) is 113 cm³/mol. The number of fused-ring (bicyclic) bond motifs is 3. The highest BCUT2D eigenvalue weighted by molar-refractivity contribution is 7.17. The number of ether oxygens (including phenoxy) is 1. The normalized spacial score (nSPS) is 20.3. The molecule has 1 atom stereocenters. The lowest BCUT2D eigenvalue weighted by molar-refractivity contribution is -0.122. The molecule has 1 unspecified atom stereocenters. The van der Waals surface area contributed by atoms with Crippen molar-refractivity contribution in [1.82, 2.24) is 24.1 Å². The summed E-state index contributed by atoms with van der Waals surface area (Å²) in [4.78, 5) is 38.7. The molecule has 9 nitrogen and oxygen atoms in total. The molecule has 1 N–H and O–H groups in total. The Morgan fingerprint density at radius 3 is 2.80 bits per heavy atom. The molecular formula is C20H25N5O4S. The van der Waals surface area contributed by atoms with Gasteiger partial charge in [0.25, 0.3) is 5.56 Å². The standard InChI is InChI=1S/C20H25N5O4S/c26-16(21-13-5-2-1-3-6-13)12-24-20(28)25-15-8-10-30-17(15)18(27)23(19(25)22-24)11-14-7-4-9-29-14/h8,10,13-14H,1-7,9,11-12H2,(H,21,26). The summed E-state index contributed by atoms with van der Waals surface area (Å²) < 4.78 is 10.3. The molecule has 0 aromatic carbocycles. The van der Waals surface area contributed by atoms with Gasteiger partial charge >= 0.3 is 5.69 Å². The highest BCUT2D eigenvalue weighted by Crippen LogP contribution is 2.20. The van der Waals surface area contributed by atoms with Gasteiger partial charge < -0.3 is 10.1 Å². The topological polar surface area (TPSA) is 99.6 Å². The van der Waals surface area contributed by atoms with Crippen molar-refractivity contribution >= 4 is 33.2 Å². The van der Waals surface area contributed by atoms with Crippen LogP contribution in [0.25, 0.3) is 16.0 Å². The molecule has 1 saturated heterocycles. The van der Waals surface area contributed by atoms with Crippen molar-refractivity contribution in [2.45, 2.75) is 70.2 Å². The summed E-state index contributed by atoms with van der Waals surface area (Å²) in [5.74, 6) is 0.0406. The van der Waals surface area contributed by atoms with Crippen molar-refractivity contribution in [3.8, 4) is 0 Å². The maximum atomic E-state index is 13.1. The molecule has 3 aromatic rings. The van der Waals surface area contributed by atoms with Gasteiger partial charge in [-0.1, -0.05) is 19.3 Å². The van der Waals surface area contributed by atoms with E-state index in [0.717, 1.165) is 43.2 Å². The van der Waals surface area contributed by atoms with Crippen molar-refractivity contribution in [2.75, 3.05) is 6.61 Å². The third-order valence-electron chi connectivity index (χ3n) is 6.06. The van der Waals surface area contributed by atoms with Crippen LogP contribution >= 0.6 is 11.3 Å². The summed E-state index contributed by atoms with van der Waals surface area (Å²) in [6, 6.07) is 1.92. The Kier molecular flexibility index (Phi) is 5.20. The van der Waals surface area contributed by atoms with Crippen molar-refractivity contribution in [2.24, 2.45) is 0 Å². The first-order valence-corrected chi connectivity index (χ1v) is 11.5. The molecule has 0 radical (unpaired) electrons. The molecule has 30 heavy (non-hydrogen) atoms. The van der Waals surface area contributed by atoms with Gasteiger partial charge in [-0.3, -0.25) is 14.2 Å². The molecule has 4 heterocycles. The van der Waals surface area contributed by atoms with Gasteiger partial charge in [0.05, 0.1) is 18.2 Å². The first-order valence-electron chi connectivity index (χ1n) is 10.6. The van der Waals surface area contributed by atoms with Crippen LogP contribution < -0.4 is 16.6 Å². The third kappa shape index (κ3) is 3.47. The van der Waals surface area contributed by atoms with Crippen LogP contribution in [0.1, 0.15) is 44.9 Å². The molecule has 0 bridgehead atoms. The van der Waals surface area contributed by atoms with Crippen LogP contribution in [0.5, 0.6) is 0 Å². The van der Waals surface area contributed by atoms with Crippen LogP contribution in [0, 0.1) is 0 Å². The molecule has 1 aliphatic heterocycles. The van der Waals surface area contributed by atoms with Gasteiger partial charge in [0, 0.05) is 12.6 Å². The summed E-state index contributed by atoms with van der Waals surface area (Å²) in [6.45, 7) is 0.872. The molecule has 1 saturated carbocycles. The van der Waals surface area contributed by atoms with Crippen molar-refractivity contribution in [3.63, 3.8) is 0 Å². The first-order chi connectivity index (χ1) is 14.6. The molecule has 1 aliphatic carbocycles. The Morgan fingerprint density at radius 2 is 2.03 bits per heavy atom. The second kappa shape index (κ2) is 7.99. The number of amides is 1. The Morgan fingerprint density at radius 1 is 1.20 bits per heavy atom. The average Bonchev–Trinajstić information content (AvgIpc) is 3.47. The van der Waals surface area contributed by atoms with Crippen LogP contribution in [0.4, 0.5) is 0 Å². The Bertz CT molecular complexity index is 1190. The highest BCUT2D eigenvalue weighted by Gasteiger charge is 2.24. The Labute approximate surface area is 176 Å². The maximum absolute atomic E-state index is 13.1. The third-order valence-corrected chi connectivity index (χ3v) is 6.95. The van der Waals surface area contributed by atoms with Crippen LogP contribution in [0.15, 0.2) is 21.0 Å². The van der Waals surface area contributed by atoms with E-state index in [1.165, 1.54) is 26.7 Å². The fourth-order valence-corrected chi connectivity index (χ4v) is 5.37. The summed E-state index contributed by atoms with van der Waals surface area (Å²) in [5.41, 5.74) is -0.0485. The van der Waals surface area contributed by atoms with Crippen LogP contribution in [-0.4, -0.2) is 43.4 Å². The first kappa shape index (κ1) is 19.5. The van der Waals surface area contributed by atoms with E-state index in [1.54, 1.807) is 11.4 Å². The van der Waals surface area contributed by atoms with Crippen LogP contribution in [0.3, 0.4) is 0 Å². The van der Waals surface area contributed by atoms with E-state index in [2.05, 4.69) is 10.4 Å². The molecule has 3 aromatic heterocycles. The minimum atomic E-state index is -0.409. The molecule has 2 fully saturated rings. The van der Waals surface area contributed by atoms with Crippen molar-refractivity contribution < 1.29 is 9.53 Å². The summed E-state index contributed by atoms with van der Waals surface area (Å²) in [7, 11) is 0. The van der Waals surface area contributed by atoms with E-state index in [4.69, 9.17) is 4.74 Å². The van der Waals surface area contributed by atoms with Crippen molar-refractivity contribution in [3.05, 3.63) is 32.3 Å². The van der Waals surface area contributed by atoms with Crippen LogP contribution in [0.2, 0.25) is 0 Å². The molecular weight excluding hydrogens is 406 g/mol. The van der Waals surface area contributed by atoms with Gasteiger partial charge in [0.1, 0.15) is 11.2 Å². The zero-order valence-electron chi connectivity index (χ0n) is 16.7. The van der Waals surface area contributed by atoms with Crippen molar-refractivity contribution in [1.29, 1.82) is 0 Å². The highest BCUT2D eigenvalue weighted by atomic mass is 32.1. The number of aromatic nitrogens is 4. The number of carbonyl (C=O) groups excluding carboxylic acids is 1. The lowest BCUT2D eigenvalue weighted by Crippen LogP contribution is -2.40. The van der Waals surface area contributed by atoms with Gasteiger partial charge in [-0.05, 0) is 37.1 Å². The van der Waals surface area contributed by atoms with E-state index >= 15 is 0 Å². The molecule has 160 valence electrons. The summed E-state index contributed by atoms with van der Waals surface area (Å²) in [5, 5.41) is 9.21. The zero-order chi connectivity index (χ0) is 20.7.